The van der Waals surface area contributed by atoms with E-state index in [4.69, 9.17) is 0 Å². The van der Waals surface area contributed by atoms with E-state index in [1.54, 1.807) is 23.0 Å². The molecular formula is C17H23FN4O. The van der Waals surface area contributed by atoms with Gasteiger partial charge < -0.3 is 10.2 Å². The van der Waals surface area contributed by atoms with Gasteiger partial charge in [-0.05, 0) is 44.8 Å². The first-order chi connectivity index (χ1) is 11.0. The second kappa shape index (κ2) is 7.87. The lowest BCUT2D eigenvalue weighted by molar-refractivity contribution is 0.0950. The standard InChI is InChI=1S/C17H23FN4O/c1-4-5-16-15(17(23)19-10-11-21(2)3)12-20-22(16)14-8-6-13(18)7-9-14/h6-9,12H,4-5,10-11H2,1-3H3,(H,19,23). The quantitative estimate of drug-likeness (QED) is 0.852. The summed E-state index contributed by atoms with van der Waals surface area (Å²) in [5.41, 5.74) is 2.18. The van der Waals surface area contributed by atoms with Crippen molar-refractivity contribution in [3.63, 3.8) is 0 Å². The minimum absolute atomic E-state index is 0.122. The number of rotatable bonds is 7. The highest BCUT2D eigenvalue weighted by Crippen LogP contribution is 2.17. The summed E-state index contributed by atoms with van der Waals surface area (Å²) in [4.78, 5) is 14.4. The zero-order valence-corrected chi connectivity index (χ0v) is 13.8. The third-order valence-corrected chi connectivity index (χ3v) is 3.52. The van der Waals surface area contributed by atoms with Gasteiger partial charge in [-0.15, -0.1) is 0 Å². The van der Waals surface area contributed by atoms with Crippen molar-refractivity contribution >= 4 is 5.91 Å². The van der Waals surface area contributed by atoms with Gasteiger partial charge in [-0.1, -0.05) is 13.3 Å². The normalized spacial score (nSPS) is 11.0. The van der Waals surface area contributed by atoms with Crippen LogP contribution in [0.1, 0.15) is 29.4 Å². The van der Waals surface area contributed by atoms with Gasteiger partial charge in [0.25, 0.3) is 5.91 Å². The molecule has 0 aliphatic heterocycles. The maximum Gasteiger partial charge on any atom is 0.254 e. The van der Waals surface area contributed by atoms with Crippen LogP contribution in [0.4, 0.5) is 4.39 Å². The van der Waals surface area contributed by atoms with Gasteiger partial charge in [0.05, 0.1) is 23.1 Å². The maximum atomic E-state index is 13.1. The van der Waals surface area contributed by atoms with Crippen LogP contribution in [0, 0.1) is 5.82 Å². The lowest BCUT2D eigenvalue weighted by Crippen LogP contribution is -2.31. The number of aromatic nitrogens is 2. The predicted octanol–water partition coefficient (Wildman–Crippen LogP) is 2.26. The van der Waals surface area contributed by atoms with E-state index in [1.165, 1.54) is 12.1 Å². The van der Waals surface area contributed by atoms with Gasteiger partial charge in [0, 0.05) is 13.1 Å². The molecule has 5 nitrogen and oxygen atoms in total. The van der Waals surface area contributed by atoms with Gasteiger partial charge in [-0.3, -0.25) is 4.79 Å². The molecule has 0 radical (unpaired) electrons. The van der Waals surface area contributed by atoms with Crippen molar-refractivity contribution in [2.45, 2.75) is 19.8 Å². The first kappa shape index (κ1) is 17.1. The Balaban J connectivity index is 2.23. The number of nitrogens with one attached hydrogen (secondary N) is 1. The largest absolute Gasteiger partial charge is 0.351 e. The molecule has 1 aromatic heterocycles. The molecule has 23 heavy (non-hydrogen) atoms. The number of nitrogens with zero attached hydrogens (tertiary/aromatic N) is 3. The van der Waals surface area contributed by atoms with E-state index in [2.05, 4.69) is 17.3 Å². The molecule has 0 aliphatic rings. The number of benzene rings is 1. The number of carbonyl (C=O) groups is 1. The summed E-state index contributed by atoms with van der Waals surface area (Å²) in [6.45, 7) is 3.41. The SMILES string of the molecule is CCCc1c(C(=O)NCCN(C)C)cnn1-c1ccc(F)cc1. The second-order valence-electron chi connectivity index (χ2n) is 5.70. The lowest BCUT2D eigenvalue weighted by Gasteiger charge is -2.11. The van der Waals surface area contributed by atoms with Gasteiger partial charge in [0.1, 0.15) is 5.82 Å². The molecule has 6 heteroatoms. The number of hydrogen-bond donors (Lipinski definition) is 1. The summed E-state index contributed by atoms with van der Waals surface area (Å²) in [7, 11) is 3.92. The van der Waals surface area contributed by atoms with Crippen LogP contribution in [0.15, 0.2) is 30.5 Å². The highest BCUT2D eigenvalue weighted by molar-refractivity contribution is 5.95. The van der Waals surface area contributed by atoms with Crippen LogP contribution in [0.2, 0.25) is 0 Å². The molecule has 0 bridgehead atoms. The zero-order chi connectivity index (χ0) is 16.8. The van der Waals surface area contributed by atoms with Gasteiger partial charge in [-0.2, -0.15) is 5.10 Å². The number of hydrogen-bond acceptors (Lipinski definition) is 3. The van der Waals surface area contributed by atoms with Crippen LogP contribution < -0.4 is 5.32 Å². The molecule has 0 unspecified atom stereocenters. The van der Waals surface area contributed by atoms with Crippen molar-refractivity contribution in [3.8, 4) is 5.69 Å². The molecule has 0 spiro atoms. The molecule has 2 aromatic rings. The summed E-state index contributed by atoms with van der Waals surface area (Å²) < 4.78 is 14.8. The molecular weight excluding hydrogens is 295 g/mol. The maximum absolute atomic E-state index is 13.1. The van der Waals surface area contributed by atoms with E-state index in [0.717, 1.165) is 30.8 Å². The fourth-order valence-electron chi connectivity index (χ4n) is 2.33. The van der Waals surface area contributed by atoms with Gasteiger partial charge in [0.2, 0.25) is 0 Å². The average molecular weight is 318 g/mol. The molecule has 0 saturated carbocycles. The smallest absolute Gasteiger partial charge is 0.254 e. The van der Waals surface area contributed by atoms with Crippen molar-refractivity contribution in [3.05, 3.63) is 47.5 Å². The number of halogens is 1. The Morgan fingerprint density at radius 2 is 2.00 bits per heavy atom. The third-order valence-electron chi connectivity index (χ3n) is 3.52. The first-order valence-corrected chi connectivity index (χ1v) is 7.78. The molecule has 1 aromatic carbocycles. The van der Waals surface area contributed by atoms with E-state index in [9.17, 15) is 9.18 Å². The van der Waals surface area contributed by atoms with E-state index in [-0.39, 0.29) is 11.7 Å². The Kier molecular flexibility index (Phi) is 5.87. The third kappa shape index (κ3) is 4.39. The molecule has 0 saturated heterocycles. The van der Waals surface area contributed by atoms with Gasteiger partial charge >= 0.3 is 0 Å². The number of carbonyl (C=O) groups excluding carboxylic acids is 1. The Labute approximate surface area is 136 Å². The fourth-order valence-corrected chi connectivity index (χ4v) is 2.33. The monoisotopic (exact) mass is 318 g/mol. The number of likely N-dealkylation sites (N-methyl/N-ethyl adjacent to an activating group) is 1. The van der Waals surface area contributed by atoms with Crippen LogP contribution in [0.25, 0.3) is 5.69 Å². The average Bonchev–Trinajstić information content (AvgIpc) is 2.92. The Bertz CT molecular complexity index is 649. The molecule has 0 atom stereocenters. The van der Waals surface area contributed by atoms with Crippen molar-refractivity contribution in [1.29, 1.82) is 0 Å². The molecule has 0 fully saturated rings. The molecule has 0 aliphatic carbocycles. The topological polar surface area (TPSA) is 50.2 Å². The van der Waals surface area contributed by atoms with E-state index in [0.29, 0.717) is 12.1 Å². The Morgan fingerprint density at radius 3 is 2.61 bits per heavy atom. The summed E-state index contributed by atoms with van der Waals surface area (Å²) in [6.07, 6.45) is 3.21. The molecule has 1 amide bonds. The van der Waals surface area contributed by atoms with E-state index in [1.807, 2.05) is 19.0 Å². The van der Waals surface area contributed by atoms with Crippen molar-refractivity contribution in [1.82, 2.24) is 20.0 Å². The first-order valence-electron chi connectivity index (χ1n) is 7.78. The molecule has 1 N–H and O–H groups in total. The van der Waals surface area contributed by atoms with Crippen molar-refractivity contribution < 1.29 is 9.18 Å². The summed E-state index contributed by atoms with van der Waals surface area (Å²) in [6, 6.07) is 6.11. The highest BCUT2D eigenvalue weighted by Gasteiger charge is 2.17. The zero-order valence-electron chi connectivity index (χ0n) is 13.8. The fraction of sp³-hybridized carbons (Fsp3) is 0.412. The van der Waals surface area contributed by atoms with E-state index >= 15 is 0 Å². The summed E-state index contributed by atoms with van der Waals surface area (Å²) in [5.74, 6) is -0.414. The Morgan fingerprint density at radius 1 is 1.30 bits per heavy atom. The Hall–Kier alpha value is -2.21. The van der Waals surface area contributed by atoms with Crippen LogP contribution >= 0.6 is 0 Å². The minimum Gasteiger partial charge on any atom is -0.351 e. The van der Waals surface area contributed by atoms with Crippen molar-refractivity contribution in [2.75, 3.05) is 27.2 Å². The predicted molar refractivity (Wildman–Crippen MR) is 88.4 cm³/mol. The van der Waals surface area contributed by atoms with Gasteiger partial charge in [0.15, 0.2) is 0 Å². The second-order valence-corrected chi connectivity index (χ2v) is 5.70. The van der Waals surface area contributed by atoms with Gasteiger partial charge in [-0.25, -0.2) is 9.07 Å². The number of amides is 1. The summed E-state index contributed by atoms with van der Waals surface area (Å²) in [5, 5.41) is 7.23. The summed E-state index contributed by atoms with van der Waals surface area (Å²) >= 11 is 0. The van der Waals surface area contributed by atoms with Crippen molar-refractivity contribution in [2.24, 2.45) is 0 Å². The molecule has 124 valence electrons. The molecule has 2 rings (SSSR count). The van der Waals surface area contributed by atoms with Crippen LogP contribution in [0.5, 0.6) is 0 Å². The minimum atomic E-state index is -0.292. The van der Waals surface area contributed by atoms with Crippen LogP contribution in [-0.4, -0.2) is 47.8 Å². The lowest BCUT2D eigenvalue weighted by atomic mass is 10.1. The van der Waals surface area contributed by atoms with Crippen LogP contribution in [0.3, 0.4) is 0 Å². The van der Waals surface area contributed by atoms with E-state index < -0.39 is 0 Å². The molecule has 1 heterocycles. The van der Waals surface area contributed by atoms with Crippen LogP contribution in [-0.2, 0) is 6.42 Å². The highest BCUT2D eigenvalue weighted by atomic mass is 19.1.